The molecular weight excluding hydrogens is 386 g/mol. The van der Waals surface area contributed by atoms with Gasteiger partial charge in [-0.05, 0) is 38.1 Å². The van der Waals surface area contributed by atoms with Crippen molar-refractivity contribution in [2.75, 3.05) is 26.1 Å². The van der Waals surface area contributed by atoms with E-state index in [1.807, 2.05) is 6.92 Å². The molecule has 1 atom stereocenters. The third-order valence-electron chi connectivity index (χ3n) is 3.77. The molecule has 0 bridgehead atoms. The molecule has 1 N–H and O–H groups in total. The lowest BCUT2D eigenvalue weighted by atomic mass is 10.2. The topological polar surface area (TPSA) is 83.1 Å². The molecule has 0 fully saturated rings. The number of carbonyl (C=O) groups excluding carboxylic acids is 2. The summed E-state index contributed by atoms with van der Waals surface area (Å²) in [5.41, 5.74) is 0.628. The Morgan fingerprint density at radius 1 is 1.11 bits per heavy atom. The number of halogens is 1. The summed E-state index contributed by atoms with van der Waals surface area (Å²) >= 11 is 6.11. The molecule has 150 valence electrons. The molecule has 2 aromatic carbocycles. The minimum Gasteiger partial charge on any atom is -0.493 e. The molecular formula is C20H22ClNO6. The van der Waals surface area contributed by atoms with Crippen LogP contribution >= 0.6 is 11.6 Å². The average Bonchev–Trinajstić information content (AvgIpc) is 2.68. The fraction of sp³-hybridized carbons (Fsp3) is 0.300. The van der Waals surface area contributed by atoms with E-state index in [0.29, 0.717) is 23.8 Å². The molecule has 0 unspecified atom stereocenters. The highest BCUT2D eigenvalue weighted by Crippen LogP contribution is 2.36. The van der Waals surface area contributed by atoms with Crippen LogP contribution < -0.4 is 19.5 Å². The predicted molar refractivity (Wildman–Crippen MR) is 106 cm³/mol. The van der Waals surface area contributed by atoms with Crippen molar-refractivity contribution in [3.05, 3.63) is 47.0 Å². The highest BCUT2D eigenvalue weighted by molar-refractivity contribution is 6.32. The summed E-state index contributed by atoms with van der Waals surface area (Å²) < 4.78 is 21.0. The van der Waals surface area contributed by atoms with Gasteiger partial charge in [-0.2, -0.15) is 0 Å². The van der Waals surface area contributed by atoms with Crippen molar-refractivity contribution >= 4 is 29.2 Å². The number of benzene rings is 2. The first-order valence-corrected chi connectivity index (χ1v) is 8.94. The Labute approximate surface area is 168 Å². The Hall–Kier alpha value is -2.93. The first-order chi connectivity index (χ1) is 13.4. The lowest BCUT2D eigenvalue weighted by Crippen LogP contribution is -2.30. The number of anilines is 1. The highest BCUT2D eigenvalue weighted by atomic mass is 35.5. The first kappa shape index (κ1) is 21.4. The Morgan fingerprint density at radius 2 is 1.82 bits per heavy atom. The van der Waals surface area contributed by atoms with E-state index in [9.17, 15) is 9.59 Å². The molecule has 7 nitrogen and oxygen atoms in total. The first-order valence-electron chi connectivity index (χ1n) is 8.56. The van der Waals surface area contributed by atoms with E-state index in [4.69, 9.17) is 30.5 Å². The van der Waals surface area contributed by atoms with Crippen LogP contribution in [0.25, 0.3) is 0 Å². The molecule has 0 heterocycles. The van der Waals surface area contributed by atoms with Crippen LogP contribution in [0.2, 0.25) is 5.02 Å². The van der Waals surface area contributed by atoms with Crippen molar-refractivity contribution in [3.63, 3.8) is 0 Å². The maximum Gasteiger partial charge on any atom is 0.339 e. The SMILES string of the molecule is CCOc1ccccc1NC(=O)[C@@H](C)OC(=O)c1cc(Cl)c(OC)c(OC)c1. The lowest BCUT2D eigenvalue weighted by Gasteiger charge is -2.16. The van der Waals surface area contributed by atoms with Gasteiger partial charge in [-0.1, -0.05) is 23.7 Å². The van der Waals surface area contributed by atoms with Crippen LogP contribution in [0.1, 0.15) is 24.2 Å². The molecule has 2 rings (SSSR count). The van der Waals surface area contributed by atoms with Gasteiger partial charge in [-0.25, -0.2) is 4.79 Å². The second-order valence-corrected chi connectivity index (χ2v) is 6.07. The molecule has 1 amide bonds. The summed E-state index contributed by atoms with van der Waals surface area (Å²) in [7, 11) is 2.86. The van der Waals surface area contributed by atoms with Crippen LogP contribution in [0.4, 0.5) is 5.69 Å². The van der Waals surface area contributed by atoms with Crippen molar-refractivity contribution in [1.82, 2.24) is 0 Å². The largest absolute Gasteiger partial charge is 0.493 e. The second kappa shape index (κ2) is 9.85. The average molecular weight is 408 g/mol. The lowest BCUT2D eigenvalue weighted by molar-refractivity contribution is -0.123. The minimum absolute atomic E-state index is 0.136. The van der Waals surface area contributed by atoms with E-state index >= 15 is 0 Å². The molecule has 0 aliphatic carbocycles. The van der Waals surface area contributed by atoms with Crippen LogP contribution in [0.3, 0.4) is 0 Å². The highest BCUT2D eigenvalue weighted by Gasteiger charge is 2.22. The fourth-order valence-corrected chi connectivity index (χ4v) is 2.69. The normalized spacial score (nSPS) is 11.3. The quantitative estimate of drug-likeness (QED) is 0.667. The predicted octanol–water partition coefficient (Wildman–Crippen LogP) is 3.94. The van der Waals surface area contributed by atoms with Crippen LogP contribution in [-0.4, -0.2) is 38.8 Å². The summed E-state index contributed by atoms with van der Waals surface area (Å²) in [6, 6.07) is 9.82. The van der Waals surface area contributed by atoms with Crippen molar-refractivity contribution in [2.24, 2.45) is 0 Å². The monoisotopic (exact) mass is 407 g/mol. The maximum absolute atomic E-state index is 12.4. The zero-order valence-corrected chi connectivity index (χ0v) is 16.8. The number of amides is 1. The van der Waals surface area contributed by atoms with Gasteiger partial charge in [-0.15, -0.1) is 0 Å². The van der Waals surface area contributed by atoms with Gasteiger partial charge >= 0.3 is 5.97 Å². The van der Waals surface area contributed by atoms with Crippen LogP contribution in [0.15, 0.2) is 36.4 Å². The Morgan fingerprint density at radius 3 is 2.46 bits per heavy atom. The van der Waals surface area contributed by atoms with Gasteiger partial charge in [0.25, 0.3) is 5.91 Å². The smallest absolute Gasteiger partial charge is 0.339 e. The van der Waals surface area contributed by atoms with E-state index in [2.05, 4.69) is 5.32 Å². The molecule has 8 heteroatoms. The van der Waals surface area contributed by atoms with Gasteiger partial charge in [0.05, 0.1) is 37.1 Å². The molecule has 2 aromatic rings. The molecule has 0 aromatic heterocycles. The van der Waals surface area contributed by atoms with E-state index < -0.39 is 18.0 Å². The summed E-state index contributed by atoms with van der Waals surface area (Å²) in [6.45, 7) is 3.77. The minimum atomic E-state index is -1.05. The number of hydrogen-bond donors (Lipinski definition) is 1. The summed E-state index contributed by atoms with van der Waals surface area (Å²) in [5, 5.41) is 2.88. The molecule has 0 aliphatic rings. The number of esters is 1. The second-order valence-electron chi connectivity index (χ2n) is 5.66. The Kier molecular flexibility index (Phi) is 7.52. The molecule has 0 radical (unpaired) electrons. The van der Waals surface area contributed by atoms with E-state index in [0.717, 1.165) is 0 Å². The maximum atomic E-state index is 12.4. The van der Waals surface area contributed by atoms with Gasteiger partial charge in [0, 0.05) is 0 Å². The third-order valence-corrected chi connectivity index (χ3v) is 4.05. The summed E-state index contributed by atoms with van der Waals surface area (Å²) in [5.74, 6) is -0.0945. The Balaban J connectivity index is 2.10. The molecule has 0 saturated heterocycles. The van der Waals surface area contributed by atoms with Crippen molar-refractivity contribution in [2.45, 2.75) is 20.0 Å². The number of rotatable bonds is 8. The van der Waals surface area contributed by atoms with Gasteiger partial charge in [0.1, 0.15) is 5.75 Å². The molecule has 0 aliphatic heterocycles. The number of carbonyl (C=O) groups is 2. The van der Waals surface area contributed by atoms with Gasteiger partial charge < -0.3 is 24.3 Å². The van der Waals surface area contributed by atoms with Crippen molar-refractivity contribution < 1.29 is 28.5 Å². The third kappa shape index (κ3) is 5.07. The fourth-order valence-electron chi connectivity index (χ4n) is 2.40. The van der Waals surface area contributed by atoms with Crippen molar-refractivity contribution in [1.29, 1.82) is 0 Å². The van der Waals surface area contributed by atoms with Gasteiger partial charge in [-0.3, -0.25) is 4.79 Å². The summed E-state index contributed by atoms with van der Waals surface area (Å²) in [4.78, 5) is 24.8. The van der Waals surface area contributed by atoms with Crippen LogP contribution in [0, 0.1) is 0 Å². The number of nitrogens with one attached hydrogen (secondary N) is 1. The number of ether oxygens (including phenoxy) is 4. The van der Waals surface area contributed by atoms with Gasteiger partial charge in [0.2, 0.25) is 0 Å². The van der Waals surface area contributed by atoms with Crippen LogP contribution in [-0.2, 0) is 9.53 Å². The Bertz CT molecular complexity index is 855. The standard InChI is InChI=1S/C20H22ClNO6/c1-5-27-16-9-7-6-8-15(16)22-19(23)12(2)28-20(24)13-10-14(21)18(26-4)17(11-13)25-3/h6-12H,5H2,1-4H3,(H,22,23)/t12-/m1/s1. The van der Waals surface area contributed by atoms with Crippen LogP contribution in [0.5, 0.6) is 17.2 Å². The zero-order chi connectivity index (χ0) is 20.7. The number of hydrogen-bond acceptors (Lipinski definition) is 6. The molecule has 28 heavy (non-hydrogen) atoms. The molecule has 0 spiro atoms. The van der Waals surface area contributed by atoms with E-state index in [1.165, 1.54) is 33.3 Å². The molecule has 0 saturated carbocycles. The van der Waals surface area contributed by atoms with E-state index in [1.54, 1.807) is 24.3 Å². The summed E-state index contributed by atoms with van der Waals surface area (Å²) in [6.07, 6.45) is -1.05. The number of methoxy groups -OCH3 is 2. The van der Waals surface area contributed by atoms with Crippen molar-refractivity contribution in [3.8, 4) is 17.2 Å². The van der Waals surface area contributed by atoms with Gasteiger partial charge in [0.15, 0.2) is 17.6 Å². The van der Waals surface area contributed by atoms with E-state index in [-0.39, 0.29) is 16.3 Å². The zero-order valence-electron chi connectivity index (χ0n) is 16.1. The number of para-hydroxylation sites is 2.